The molecule has 4 heteroatoms. The second-order valence-electron chi connectivity index (χ2n) is 3.89. The normalized spacial score (nSPS) is 12.6. The molecule has 0 heterocycles. The van der Waals surface area contributed by atoms with Crippen LogP contribution in [0.15, 0.2) is 22.7 Å². The molecule has 0 bridgehead atoms. The maximum Gasteiger partial charge on any atom is 0.313 e. The third-order valence-corrected chi connectivity index (χ3v) is 3.05. The van der Waals surface area contributed by atoms with Gasteiger partial charge in [0, 0.05) is 5.56 Å². The number of rotatable bonds is 3. The largest absolute Gasteiger partial charge is 0.469 e. The molecule has 0 radical (unpaired) electrons. The van der Waals surface area contributed by atoms with Crippen LogP contribution in [0.2, 0.25) is 0 Å². The standard InChI is InChI=1S/C12H14BrFO2/c1-7(2)10(12(15)16-3)8-5-4-6-9(13)11(8)14/h4-7,10H,1-3H3. The SMILES string of the molecule is COC(=O)C(c1cccc(Br)c1F)C(C)C. The summed E-state index contributed by atoms with van der Waals surface area (Å²) in [5, 5.41) is 0. The number of ether oxygens (including phenoxy) is 1. The van der Waals surface area contributed by atoms with Gasteiger partial charge in [-0.1, -0.05) is 26.0 Å². The van der Waals surface area contributed by atoms with Gasteiger partial charge in [0.1, 0.15) is 5.82 Å². The summed E-state index contributed by atoms with van der Waals surface area (Å²) in [5.41, 5.74) is 0.372. The first-order valence-corrected chi connectivity index (χ1v) is 5.80. The molecule has 0 fully saturated rings. The molecule has 1 aromatic rings. The van der Waals surface area contributed by atoms with Gasteiger partial charge < -0.3 is 4.74 Å². The quantitative estimate of drug-likeness (QED) is 0.796. The highest BCUT2D eigenvalue weighted by atomic mass is 79.9. The highest BCUT2D eigenvalue weighted by molar-refractivity contribution is 9.10. The maximum absolute atomic E-state index is 13.9. The lowest BCUT2D eigenvalue weighted by molar-refractivity contribution is -0.143. The summed E-state index contributed by atoms with van der Waals surface area (Å²) in [7, 11) is 1.31. The van der Waals surface area contributed by atoms with E-state index in [2.05, 4.69) is 15.9 Å². The highest BCUT2D eigenvalue weighted by Gasteiger charge is 2.28. The summed E-state index contributed by atoms with van der Waals surface area (Å²) in [6.45, 7) is 3.73. The summed E-state index contributed by atoms with van der Waals surface area (Å²) < 4.78 is 18.9. The van der Waals surface area contributed by atoms with Crippen molar-refractivity contribution in [3.05, 3.63) is 34.1 Å². The molecule has 1 atom stereocenters. The Morgan fingerprint density at radius 3 is 2.56 bits per heavy atom. The molecule has 88 valence electrons. The van der Waals surface area contributed by atoms with Crippen molar-refractivity contribution in [3.8, 4) is 0 Å². The van der Waals surface area contributed by atoms with E-state index in [0.29, 0.717) is 10.0 Å². The van der Waals surface area contributed by atoms with E-state index in [9.17, 15) is 9.18 Å². The Hall–Kier alpha value is -0.900. The summed E-state index contributed by atoms with van der Waals surface area (Å²) in [6.07, 6.45) is 0. The highest BCUT2D eigenvalue weighted by Crippen LogP contribution is 2.30. The zero-order valence-corrected chi connectivity index (χ0v) is 11.0. The lowest BCUT2D eigenvalue weighted by Crippen LogP contribution is -2.20. The topological polar surface area (TPSA) is 26.3 Å². The monoisotopic (exact) mass is 288 g/mol. The lowest BCUT2D eigenvalue weighted by Gasteiger charge is -2.19. The van der Waals surface area contributed by atoms with E-state index in [0.717, 1.165) is 0 Å². The summed E-state index contributed by atoms with van der Waals surface area (Å²) in [5.74, 6) is -1.39. The van der Waals surface area contributed by atoms with Gasteiger partial charge in [0.2, 0.25) is 0 Å². The van der Waals surface area contributed by atoms with Crippen molar-refractivity contribution in [2.75, 3.05) is 7.11 Å². The second-order valence-corrected chi connectivity index (χ2v) is 4.74. The van der Waals surface area contributed by atoms with Crippen LogP contribution in [-0.4, -0.2) is 13.1 Å². The van der Waals surface area contributed by atoms with Crippen LogP contribution in [0.1, 0.15) is 25.3 Å². The number of hydrogen-bond acceptors (Lipinski definition) is 2. The molecule has 0 N–H and O–H groups in total. The molecular formula is C12H14BrFO2. The van der Waals surface area contributed by atoms with Crippen LogP contribution >= 0.6 is 15.9 Å². The first-order valence-electron chi connectivity index (χ1n) is 5.00. The minimum Gasteiger partial charge on any atom is -0.469 e. The summed E-state index contributed by atoms with van der Waals surface area (Å²) >= 11 is 3.11. The third kappa shape index (κ3) is 2.61. The van der Waals surface area contributed by atoms with Crippen LogP contribution in [0.25, 0.3) is 0 Å². The fourth-order valence-corrected chi connectivity index (χ4v) is 2.03. The van der Waals surface area contributed by atoms with Gasteiger partial charge >= 0.3 is 5.97 Å². The molecule has 0 saturated heterocycles. The fraction of sp³-hybridized carbons (Fsp3) is 0.417. The third-order valence-electron chi connectivity index (χ3n) is 2.44. The fourth-order valence-electron chi connectivity index (χ4n) is 1.65. The van der Waals surface area contributed by atoms with Gasteiger partial charge in [0.25, 0.3) is 0 Å². The molecule has 0 aromatic heterocycles. The zero-order valence-electron chi connectivity index (χ0n) is 9.46. The molecule has 0 aliphatic heterocycles. The van der Waals surface area contributed by atoms with Crippen LogP contribution in [-0.2, 0) is 9.53 Å². The van der Waals surface area contributed by atoms with Gasteiger partial charge in [-0.2, -0.15) is 0 Å². The number of esters is 1. The van der Waals surface area contributed by atoms with Gasteiger partial charge in [0.15, 0.2) is 0 Å². The molecule has 16 heavy (non-hydrogen) atoms. The number of hydrogen-bond donors (Lipinski definition) is 0. The zero-order chi connectivity index (χ0) is 12.3. The Kier molecular flexibility index (Phi) is 4.47. The van der Waals surface area contributed by atoms with Gasteiger partial charge in [-0.05, 0) is 27.9 Å². The number of halogens is 2. The van der Waals surface area contributed by atoms with Crippen LogP contribution in [0, 0.1) is 11.7 Å². The second kappa shape index (κ2) is 5.43. The van der Waals surface area contributed by atoms with Gasteiger partial charge in [0.05, 0.1) is 17.5 Å². The average Bonchev–Trinajstić information content (AvgIpc) is 2.24. The van der Waals surface area contributed by atoms with Crippen LogP contribution < -0.4 is 0 Å². The number of carbonyl (C=O) groups excluding carboxylic acids is 1. The Bertz CT molecular complexity index is 391. The van der Waals surface area contributed by atoms with Gasteiger partial charge in [-0.3, -0.25) is 4.79 Å². The molecule has 0 saturated carbocycles. The summed E-state index contributed by atoms with van der Waals surface area (Å²) in [6, 6.07) is 4.93. The van der Waals surface area contributed by atoms with Crippen molar-refractivity contribution in [2.24, 2.45) is 5.92 Å². The van der Waals surface area contributed by atoms with Crippen molar-refractivity contribution in [1.29, 1.82) is 0 Å². The molecule has 0 spiro atoms. The van der Waals surface area contributed by atoms with E-state index in [1.807, 2.05) is 13.8 Å². The first kappa shape index (κ1) is 13.2. The van der Waals surface area contributed by atoms with Crippen molar-refractivity contribution in [2.45, 2.75) is 19.8 Å². The molecule has 1 rings (SSSR count). The smallest absolute Gasteiger partial charge is 0.313 e. The van der Waals surface area contributed by atoms with Gasteiger partial charge in [-0.15, -0.1) is 0 Å². The van der Waals surface area contributed by atoms with E-state index < -0.39 is 17.7 Å². The van der Waals surface area contributed by atoms with Crippen LogP contribution in [0.5, 0.6) is 0 Å². The lowest BCUT2D eigenvalue weighted by atomic mass is 9.88. The van der Waals surface area contributed by atoms with E-state index in [1.165, 1.54) is 7.11 Å². The molecule has 0 aliphatic carbocycles. The predicted octanol–water partition coefficient (Wildman–Crippen LogP) is 3.50. The van der Waals surface area contributed by atoms with E-state index >= 15 is 0 Å². The minimum atomic E-state index is -0.567. The Morgan fingerprint density at radius 1 is 1.44 bits per heavy atom. The Balaban J connectivity index is 3.21. The van der Waals surface area contributed by atoms with Crippen molar-refractivity contribution >= 4 is 21.9 Å². The first-order chi connectivity index (χ1) is 7.49. The number of benzene rings is 1. The predicted molar refractivity (Wildman–Crippen MR) is 63.7 cm³/mol. The molecule has 2 nitrogen and oxygen atoms in total. The number of methoxy groups -OCH3 is 1. The molecule has 1 unspecified atom stereocenters. The van der Waals surface area contributed by atoms with Crippen molar-refractivity contribution < 1.29 is 13.9 Å². The van der Waals surface area contributed by atoms with E-state index in [1.54, 1.807) is 18.2 Å². The van der Waals surface area contributed by atoms with E-state index in [4.69, 9.17) is 4.74 Å². The van der Waals surface area contributed by atoms with Gasteiger partial charge in [-0.25, -0.2) is 4.39 Å². The van der Waals surface area contributed by atoms with E-state index in [-0.39, 0.29) is 5.92 Å². The average molecular weight is 289 g/mol. The van der Waals surface area contributed by atoms with Crippen LogP contribution in [0.4, 0.5) is 4.39 Å². The van der Waals surface area contributed by atoms with Crippen LogP contribution in [0.3, 0.4) is 0 Å². The Morgan fingerprint density at radius 2 is 2.06 bits per heavy atom. The maximum atomic E-state index is 13.9. The Labute approximate surface area is 103 Å². The van der Waals surface area contributed by atoms with Crippen molar-refractivity contribution in [3.63, 3.8) is 0 Å². The summed E-state index contributed by atoms with van der Waals surface area (Å²) in [4.78, 5) is 11.6. The minimum absolute atomic E-state index is 0.0174. The molecule has 0 amide bonds. The van der Waals surface area contributed by atoms with Crippen molar-refractivity contribution in [1.82, 2.24) is 0 Å². The molecule has 1 aromatic carbocycles. The molecule has 0 aliphatic rings. The molecular weight excluding hydrogens is 275 g/mol. The number of carbonyl (C=O) groups is 1.